The molecule has 6 heteroatoms. The van der Waals surface area contributed by atoms with Crippen LogP contribution in [0.2, 0.25) is 0 Å². The molecule has 0 spiro atoms. The molecule has 0 saturated heterocycles. The molecule has 1 atom stereocenters. The number of nitrogens with one attached hydrogen (secondary N) is 1. The highest BCUT2D eigenvalue weighted by molar-refractivity contribution is 6.07. The molecule has 1 N–H and O–H groups in total. The van der Waals surface area contributed by atoms with E-state index >= 15 is 0 Å². The molecule has 0 bridgehead atoms. The van der Waals surface area contributed by atoms with Crippen molar-refractivity contribution in [1.29, 1.82) is 0 Å². The van der Waals surface area contributed by atoms with Gasteiger partial charge in [0.15, 0.2) is 5.78 Å². The number of carbonyl (C=O) groups excluding carboxylic acids is 4. The van der Waals surface area contributed by atoms with Crippen molar-refractivity contribution in [1.82, 2.24) is 0 Å². The zero-order chi connectivity index (χ0) is 29.7. The summed E-state index contributed by atoms with van der Waals surface area (Å²) in [4.78, 5) is 46.8. The summed E-state index contributed by atoms with van der Waals surface area (Å²) in [5.41, 5.74) is 2.74. The lowest BCUT2D eigenvalue weighted by molar-refractivity contribution is -0.121. The molecule has 0 radical (unpaired) electrons. The third-order valence-corrected chi connectivity index (χ3v) is 6.58. The van der Waals surface area contributed by atoms with Gasteiger partial charge < -0.3 is 10.1 Å². The number of aryl methyl sites for hydroxylation is 1. The van der Waals surface area contributed by atoms with Crippen molar-refractivity contribution in [2.24, 2.45) is 11.8 Å². The summed E-state index contributed by atoms with van der Waals surface area (Å²) in [6, 6.07) is 21.9. The molecule has 0 aromatic heterocycles. The highest BCUT2D eigenvalue weighted by atomic mass is 16.5. The Hall–Kier alpha value is -4.06. The number of carbonyl (C=O) groups is 4. The maximum Gasteiger partial charge on any atom is 0.259 e. The first-order valence-electron chi connectivity index (χ1n) is 13.9. The molecule has 40 heavy (non-hydrogen) atoms. The van der Waals surface area contributed by atoms with Crippen LogP contribution in [0.15, 0.2) is 72.8 Å². The molecule has 3 aromatic rings. The first-order valence-corrected chi connectivity index (χ1v) is 13.9. The first-order chi connectivity index (χ1) is 19.1. The highest BCUT2D eigenvalue weighted by Crippen LogP contribution is 2.26. The van der Waals surface area contributed by atoms with Crippen LogP contribution in [0.3, 0.4) is 0 Å². The van der Waals surface area contributed by atoms with Crippen molar-refractivity contribution in [3.05, 3.63) is 89.5 Å². The molecule has 3 aromatic carbocycles. The minimum atomic E-state index is -0.262. The van der Waals surface area contributed by atoms with Crippen LogP contribution in [0.4, 0.5) is 5.69 Å². The van der Waals surface area contributed by atoms with Crippen LogP contribution in [0, 0.1) is 11.8 Å². The fourth-order valence-electron chi connectivity index (χ4n) is 3.83. The van der Waals surface area contributed by atoms with Crippen LogP contribution in [0.1, 0.15) is 87.1 Å². The van der Waals surface area contributed by atoms with E-state index in [2.05, 4.69) is 5.32 Å². The number of amides is 1. The summed E-state index contributed by atoms with van der Waals surface area (Å²) >= 11 is 0. The van der Waals surface area contributed by atoms with Gasteiger partial charge in [-0.2, -0.15) is 0 Å². The van der Waals surface area contributed by atoms with Gasteiger partial charge in [-0.1, -0.05) is 65.0 Å². The van der Waals surface area contributed by atoms with Crippen LogP contribution in [0.25, 0.3) is 0 Å². The Morgan fingerprint density at radius 3 is 2.08 bits per heavy atom. The summed E-state index contributed by atoms with van der Waals surface area (Å²) < 4.78 is 5.88. The standard InChI is InChI=1S/C25H25NO3.C9H16O2/c1-4-18-16-19(14-15-21(18)24(27)17(2)3)26-25(28)22-12-8-9-13-23(22)29-20-10-6-5-7-11-20;1-4-9(11)6-5-7(2)8(3)10/h5-17H,4H2,1-3H3,(H,26,28);7H,4-6H2,1-3H3. The van der Waals surface area contributed by atoms with Crippen LogP contribution in [-0.2, 0) is 16.0 Å². The fourth-order valence-corrected chi connectivity index (χ4v) is 3.83. The van der Waals surface area contributed by atoms with Crippen molar-refractivity contribution in [2.45, 2.75) is 67.2 Å². The van der Waals surface area contributed by atoms with E-state index in [9.17, 15) is 19.2 Å². The molecular formula is C34H41NO5. The number of hydrogen-bond donors (Lipinski definition) is 1. The monoisotopic (exact) mass is 543 g/mol. The highest BCUT2D eigenvalue weighted by Gasteiger charge is 2.17. The first kappa shape index (κ1) is 32.2. The molecule has 0 fully saturated rings. The van der Waals surface area contributed by atoms with Gasteiger partial charge in [0.2, 0.25) is 0 Å². The van der Waals surface area contributed by atoms with Gasteiger partial charge in [0.1, 0.15) is 23.1 Å². The molecule has 0 aliphatic carbocycles. The lowest BCUT2D eigenvalue weighted by Gasteiger charge is -2.14. The largest absolute Gasteiger partial charge is 0.457 e. The van der Waals surface area contributed by atoms with Crippen molar-refractivity contribution >= 4 is 28.9 Å². The van der Waals surface area contributed by atoms with Crippen LogP contribution < -0.4 is 10.1 Å². The smallest absolute Gasteiger partial charge is 0.259 e. The zero-order valence-electron chi connectivity index (χ0n) is 24.5. The van der Waals surface area contributed by atoms with E-state index in [4.69, 9.17) is 4.74 Å². The maximum absolute atomic E-state index is 12.9. The summed E-state index contributed by atoms with van der Waals surface area (Å²) in [7, 11) is 0. The second-order valence-corrected chi connectivity index (χ2v) is 10.1. The molecule has 1 unspecified atom stereocenters. The van der Waals surface area contributed by atoms with Crippen molar-refractivity contribution in [3.63, 3.8) is 0 Å². The Morgan fingerprint density at radius 2 is 1.48 bits per heavy atom. The molecule has 6 nitrogen and oxygen atoms in total. The molecule has 3 rings (SSSR count). The summed E-state index contributed by atoms with van der Waals surface area (Å²) in [5, 5.41) is 2.92. The SMILES string of the molecule is CCC(=O)CCC(C)C(C)=O.CCc1cc(NC(=O)c2ccccc2Oc2ccccc2)ccc1C(=O)C(C)C. The third-order valence-electron chi connectivity index (χ3n) is 6.58. The predicted octanol–water partition coefficient (Wildman–Crippen LogP) is 8.10. The van der Waals surface area contributed by atoms with Gasteiger partial charge in [0.05, 0.1) is 5.56 Å². The molecular weight excluding hydrogens is 502 g/mol. The molecule has 0 aliphatic rings. The molecule has 212 valence electrons. The van der Waals surface area contributed by atoms with Gasteiger partial charge in [-0.05, 0) is 67.8 Å². The van der Waals surface area contributed by atoms with E-state index < -0.39 is 0 Å². The summed E-state index contributed by atoms with van der Waals surface area (Å²) in [6.45, 7) is 11.1. The van der Waals surface area contributed by atoms with Crippen molar-refractivity contribution < 1.29 is 23.9 Å². The topological polar surface area (TPSA) is 89.5 Å². The Balaban J connectivity index is 0.000000432. The van der Waals surface area contributed by atoms with E-state index in [-0.39, 0.29) is 35.1 Å². The van der Waals surface area contributed by atoms with E-state index in [1.54, 1.807) is 37.3 Å². The molecule has 1 amide bonds. The molecule has 0 heterocycles. The quantitative estimate of drug-likeness (QED) is 0.233. The number of hydrogen-bond acceptors (Lipinski definition) is 5. The number of ketones is 3. The fraction of sp³-hybridized carbons (Fsp3) is 0.353. The van der Waals surface area contributed by atoms with Gasteiger partial charge in [-0.3, -0.25) is 19.2 Å². The molecule has 0 saturated carbocycles. The number of anilines is 1. The minimum absolute atomic E-state index is 0.0468. The van der Waals surface area contributed by atoms with Gasteiger partial charge in [0, 0.05) is 35.9 Å². The Kier molecular flexibility index (Phi) is 13.0. The van der Waals surface area contributed by atoms with Gasteiger partial charge in [0.25, 0.3) is 5.91 Å². The van der Waals surface area contributed by atoms with Crippen LogP contribution in [-0.4, -0.2) is 23.3 Å². The maximum atomic E-state index is 12.9. The number of benzene rings is 3. The van der Waals surface area contributed by atoms with E-state index in [1.165, 1.54) is 0 Å². The Labute approximate surface area is 238 Å². The van der Waals surface area contributed by atoms with Crippen LogP contribution in [0.5, 0.6) is 11.5 Å². The lowest BCUT2D eigenvalue weighted by Crippen LogP contribution is -2.15. The van der Waals surface area contributed by atoms with Gasteiger partial charge in [-0.25, -0.2) is 0 Å². The number of para-hydroxylation sites is 2. The second kappa shape index (κ2) is 16.1. The second-order valence-electron chi connectivity index (χ2n) is 10.1. The van der Waals surface area contributed by atoms with E-state index in [0.29, 0.717) is 54.0 Å². The molecule has 0 aliphatic heterocycles. The lowest BCUT2D eigenvalue weighted by atomic mass is 9.94. The van der Waals surface area contributed by atoms with Gasteiger partial charge >= 0.3 is 0 Å². The number of ether oxygens (including phenoxy) is 1. The van der Waals surface area contributed by atoms with Gasteiger partial charge in [-0.15, -0.1) is 0 Å². The zero-order valence-corrected chi connectivity index (χ0v) is 24.5. The third kappa shape index (κ3) is 9.92. The number of Topliss-reactive ketones (excluding diaryl/α,β-unsaturated/α-hetero) is 3. The van der Waals surface area contributed by atoms with E-state index in [1.807, 2.05) is 77.1 Å². The predicted molar refractivity (Wildman–Crippen MR) is 160 cm³/mol. The average Bonchev–Trinajstić information content (AvgIpc) is 2.96. The Morgan fingerprint density at radius 1 is 0.825 bits per heavy atom. The summed E-state index contributed by atoms with van der Waals surface area (Å²) in [6.07, 6.45) is 2.56. The minimum Gasteiger partial charge on any atom is -0.457 e. The van der Waals surface area contributed by atoms with Crippen molar-refractivity contribution in [3.8, 4) is 11.5 Å². The average molecular weight is 544 g/mol. The van der Waals surface area contributed by atoms with Crippen LogP contribution >= 0.6 is 0 Å². The normalized spacial score (nSPS) is 11.2. The van der Waals surface area contributed by atoms with Crippen molar-refractivity contribution in [2.75, 3.05) is 5.32 Å². The Bertz CT molecular complexity index is 1300. The summed E-state index contributed by atoms with van der Waals surface area (Å²) in [5.74, 6) is 1.40. The number of rotatable bonds is 12. The van der Waals surface area contributed by atoms with E-state index in [0.717, 1.165) is 5.56 Å².